The smallest absolute Gasteiger partial charge is 0.334 e. The van der Waals surface area contributed by atoms with Gasteiger partial charge < -0.3 is 9.88 Å². The molecule has 5 nitrogen and oxygen atoms in total. The number of carbonyl (C=O) groups excluding carboxylic acids is 1. The lowest BCUT2D eigenvalue weighted by Gasteiger charge is -2.12. The summed E-state index contributed by atoms with van der Waals surface area (Å²) >= 11 is 6.27. The second-order valence-corrected chi connectivity index (χ2v) is 6.70. The van der Waals surface area contributed by atoms with E-state index in [0.717, 1.165) is 17.8 Å². The third kappa shape index (κ3) is 4.01. The van der Waals surface area contributed by atoms with Crippen molar-refractivity contribution < 1.29 is 18.0 Å². The number of aromatic nitrogens is 3. The first-order valence-corrected chi connectivity index (χ1v) is 8.60. The molecule has 146 valence electrons. The van der Waals surface area contributed by atoms with Crippen molar-refractivity contribution in [2.24, 2.45) is 7.05 Å². The Labute approximate surface area is 164 Å². The maximum Gasteiger partial charge on any atom is 0.433 e. The van der Waals surface area contributed by atoms with Crippen LogP contribution in [0.25, 0.3) is 11.4 Å². The van der Waals surface area contributed by atoms with Gasteiger partial charge in [-0.05, 0) is 44.2 Å². The zero-order chi connectivity index (χ0) is 20.6. The van der Waals surface area contributed by atoms with Crippen molar-refractivity contribution in [3.8, 4) is 11.4 Å². The minimum Gasteiger partial charge on any atom is -0.334 e. The highest BCUT2D eigenvalue weighted by atomic mass is 35.5. The topological polar surface area (TPSA) is 59.8 Å². The average molecular weight is 409 g/mol. The summed E-state index contributed by atoms with van der Waals surface area (Å²) in [7, 11) is 1.83. The molecule has 0 aliphatic heterocycles. The molecule has 1 amide bonds. The molecule has 1 aromatic carbocycles. The van der Waals surface area contributed by atoms with Crippen molar-refractivity contribution in [3.63, 3.8) is 0 Å². The summed E-state index contributed by atoms with van der Waals surface area (Å²) in [5.41, 5.74) is 0.871. The third-order valence-electron chi connectivity index (χ3n) is 4.08. The highest BCUT2D eigenvalue weighted by molar-refractivity contribution is 6.33. The second kappa shape index (κ2) is 7.27. The number of carbonyl (C=O) groups is 1. The van der Waals surface area contributed by atoms with Gasteiger partial charge in [0, 0.05) is 24.5 Å². The first kappa shape index (κ1) is 19.9. The van der Waals surface area contributed by atoms with Gasteiger partial charge in [0.1, 0.15) is 11.5 Å². The van der Waals surface area contributed by atoms with Gasteiger partial charge >= 0.3 is 6.18 Å². The number of halogens is 4. The summed E-state index contributed by atoms with van der Waals surface area (Å²) in [5.74, 6) is 0.0639. The van der Waals surface area contributed by atoms with Crippen molar-refractivity contribution >= 4 is 23.2 Å². The van der Waals surface area contributed by atoms with Crippen LogP contribution in [0.1, 0.15) is 27.4 Å². The van der Waals surface area contributed by atoms with Crippen molar-refractivity contribution in [1.29, 1.82) is 0 Å². The maximum absolute atomic E-state index is 12.7. The first-order valence-electron chi connectivity index (χ1n) is 8.22. The van der Waals surface area contributed by atoms with Crippen molar-refractivity contribution in [1.82, 2.24) is 14.5 Å². The van der Waals surface area contributed by atoms with Gasteiger partial charge in [-0.2, -0.15) is 13.2 Å². The number of nitrogens with zero attached hydrogens (tertiary/aromatic N) is 3. The minimum absolute atomic E-state index is 0.0127. The molecule has 3 aromatic rings. The molecule has 0 aliphatic rings. The van der Waals surface area contributed by atoms with Crippen LogP contribution in [0.4, 0.5) is 18.9 Å². The number of nitrogens with one attached hydrogen (secondary N) is 1. The zero-order valence-corrected chi connectivity index (χ0v) is 16.0. The average Bonchev–Trinajstić information content (AvgIpc) is 2.93. The summed E-state index contributed by atoms with van der Waals surface area (Å²) < 4.78 is 40.0. The molecule has 9 heteroatoms. The molecule has 28 heavy (non-hydrogen) atoms. The number of imidazole rings is 1. The molecule has 0 fully saturated rings. The van der Waals surface area contributed by atoms with Crippen LogP contribution in [-0.2, 0) is 13.2 Å². The van der Waals surface area contributed by atoms with E-state index in [1.807, 2.05) is 24.7 Å². The van der Waals surface area contributed by atoms with Crippen LogP contribution in [0.2, 0.25) is 5.02 Å². The molecule has 2 heterocycles. The molecule has 0 saturated heterocycles. The molecule has 0 radical (unpaired) electrons. The Morgan fingerprint density at radius 1 is 1.14 bits per heavy atom. The number of alkyl halides is 3. The van der Waals surface area contributed by atoms with E-state index in [4.69, 9.17) is 11.6 Å². The molecule has 0 atom stereocenters. The predicted molar refractivity (Wildman–Crippen MR) is 100 cm³/mol. The van der Waals surface area contributed by atoms with Gasteiger partial charge in [0.25, 0.3) is 5.91 Å². The molecule has 3 rings (SSSR count). The van der Waals surface area contributed by atoms with Crippen LogP contribution in [0, 0.1) is 13.8 Å². The standard InChI is InChI=1S/C19H16ClF3N4O/c1-10-9-27(3)17(24-10)14-8-12(4-6-15(14)20)26-18(28)13-5-7-16(19(21,22)23)25-11(13)2/h4-9H,1-3H3,(H,26,28). The fraction of sp³-hybridized carbons (Fsp3) is 0.211. The number of benzene rings is 1. The van der Waals surface area contributed by atoms with Crippen molar-refractivity contribution in [2.75, 3.05) is 5.32 Å². The summed E-state index contributed by atoms with van der Waals surface area (Å²) in [6, 6.07) is 6.78. The Hall–Kier alpha value is -2.87. The van der Waals surface area contributed by atoms with Gasteiger partial charge in [-0.3, -0.25) is 4.79 Å². The molecule has 0 saturated carbocycles. The number of pyridine rings is 1. The van der Waals surface area contributed by atoms with E-state index in [1.54, 1.807) is 18.2 Å². The van der Waals surface area contributed by atoms with Crippen LogP contribution in [-0.4, -0.2) is 20.4 Å². The monoisotopic (exact) mass is 408 g/mol. The fourth-order valence-corrected chi connectivity index (χ4v) is 3.00. The van der Waals surface area contributed by atoms with Crippen LogP contribution in [0.5, 0.6) is 0 Å². The van der Waals surface area contributed by atoms with Crippen molar-refractivity contribution in [3.05, 3.63) is 64.2 Å². The van der Waals surface area contributed by atoms with E-state index >= 15 is 0 Å². The lowest BCUT2D eigenvalue weighted by molar-refractivity contribution is -0.141. The van der Waals surface area contributed by atoms with Gasteiger partial charge in [0.05, 0.1) is 22.0 Å². The Kier molecular flexibility index (Phi) is 5.16. The largest absolute Gasteiger partial charge is 0.433 e. The Bertz CT molecular complexity index is 1060. The highest BCUT2D eigenvalue weighted by Crippen LogP contribution is 2.31. The predicted octanol–water partition coefficient (Wildman–Crippen LogP) is 5.02. The van der Waals surface area contributed by atoms with E-state index in [1.165, 1.54) is 6.92 Å². The summed E-state index contributed by atoms with van der Waals surface area (Å²) in [6.45, 7) is 3.21. The number of anilines is 1. The molecular weight excluding hydrogens is 393 g/mol. The molecule has 1 N–H and O–H groups in total. The van der Waals surface area contributed by atoms with E-state index in [2.05, 4.69) is 15.3 Å². The maximum atomic E-state index is 12.7. The van der Waals surface area contributed by atoms with Crippen LogP contribution in [0.3, 0.4) is 0 Å². The van der Waals surface area contributed by atoms with Crippen LogP contribution in [0.15, 0.2) is 36.5 Å². The molecule has 0 spiro atoms. The van der Waals surface area contributed by atoms with Gasteiger partial charge in [-0.15, -0.1) is 0 Å². The number of hydrogen-bond acceptors (Lipinski definition) is 3. The Morgan fingerprint density at radius 3 is 2.43 bits per heavy atom. The molecular formula is C19H16ClF3N4O. The van der Waals surface area contributed by atoms with E-state index < -0.39 is 17.8 Å². The lowest BCUT2D eigenvalue weighted by Crippen LogP contribution is -2.16. The molecule has 0 bridgehead atoms. The second-order valence-electron chi connectivity index (χ2n) is 6.29. The van der Waals surface area contributed by atoms with Crippen LogP contribution >= 0.6 is 11.6 Å². The number of aryl methyl sites for hydroxylation is 3. The van der Waals surface area contributed by atoms with E-state index in [0.29, 0.717) is 22.1 Å². The Balaban J connectivity index is 1.89. The first-order chi connectivity index (χ1) is 13.1. The van der Waals surface area contributed by atoms with Crippen LogP contribution < -0.4 is 5.32 Å². The van der Waals surface area contributed by atoms with Gasteiger partial charge in [-0.25, -0.2) is 9.97 Å². The van der Waals surface area contributed by atoms with E-state index in [-0.39, 0.29) is 11.3 Å². The van der Waals surface area contributed by atoms with Crippen molar-refractivity contribution in [2.45, 2.75) is 20.0 Å². The lowest BCUT2D eigenvalue weighted by atomic mass is 10.1. The van der Waals surface area contributed by atoms with Gasteiger partial charge in [0.15, 0.2) is 0 Å². The molecule has 2 aromatic heterocycles. The number of hydrogen-bond donors (Lipinski definition) is 1. The molecule has 0 unspecified atom stereocenters. The highest BCUT2D eigenvalue weighted by Gasteiger charge is 2.33. The fourth-order valence-electron chi connectivity index (χ4n) is 2.80. The molecule has 0 aliphatic carbocycles. The quantitative estimate of drug-likeness (QED) is 0.661. The summed E-state index contributed by atoms with van der Waals surface area (Å²) in [5, 5.41) is 3.12. The zero-order valence-electron chi connectivity index (χ0n) is 15.2. The summed E-state index contributed by atoms with van der Waals surface area (Å²) in [4.78, 5) is 20.4. The number of rotatable bonds is 3. The normalized spacial score (nSPS) is 11.5. The van der Waals surface area contributed by atoms with E-state index in [9.17, 15) is 18.0 Å². The number of amides is 1. The van der Waals surface area contributed by atoms with Gasteiger partial charge in [0.2, 0.25) is 0 Å². The Morgan fingerprint density at radius 2 is 1.86 bits per heavy atom. The summed E-state index contributed by atoms with van der Waals surface area (Å²) in [6.07, 6.45) is -2.72. The minimum atomic E-state index is -4.56. The third-order valence-corrected chi connectivity index (χ3v) is 4.41. The van der Waals surface area contributed by atoms with Gasteiger partial charge in [-0.1, -0.05) is 11.6 Å². The SMILES string of the molecule is Cc1cn(C)c(-c2cc(NC(=O)c3ccc(C(F)(F)F)nc3C)ccc2Cl)n1.